The minimum atomic E-state index is -0.922. The molecule has 0 amide bonds. The van der Waals surface area contributed by atoms with E-state index in [-0.39, 0.29) is 5.92 Å². The molecule has 134 valence electrons. The average molecular weight is 339 g/mol. The Hall–Kier alpha value is -1.68. The van der Waals surface area contributed by atoms with Gasteiger partial charge in [0.2, 0.25) is 0 Å². The molecule has 1 fully saturated rings. The van der Waals surface area contributed by atoms with E-state index >= 15 is 0 Å². The molecule has 1 aliphatic heterocycles. The Kier molecular flexibility index (Phi) is 6.24. The molecule has 1 aliphatic rings. The second-order valence-electron chi connectivity index (χ2n) is 6.81. The van der Waals surface area contributed by atoms with Crippen molar-refractivity contribution in [2.24, 2.45) is 5.92 Å². The Morgan fingerprint density at radius 1 is 0.960 bits per heavy atom. The molecule has 2 aromatic rings. The van der Waals surface area contributed by atoms with Crippen LogP contribution in [0, 0.1) is 5.92 Å². The van der Waals surface area contributed by atoms with Crippen LogP contribution in [0.15, 0.2) is 60.7 Å². The SMILES string of the molecule is CCOCCN1CCC(C(O)(c2ccccc2)c2ccccc2)CC1. The predicted octanol–water partition coefficient (Wildman–Crippen LogP) is 3.67. The summed E-state index contributed by atoms with van der Waals surface area (Å²) in [4.78, 5) is 2.45. The van der Waals surface area contributed by atoms with Crippen molar-refractivity contribution in [3.8, 4) is 0 Å². The van der Waals surface area contributed by atoms with Gasteiger partial charge in [0.05, 0.1) is 6.61 Å². The van der Waals surface area contributed by atoms with Crippen molar-refractivity contribution in [3.05, 3.63) is 71.8 Å². The quantitative estimate of drug-likeness (QED) is 0.781. The van der Waals surface area contributed by atoms with Crippen molar-refractivity contribution in [2.75, 3.05) is 32.8 Å². The molecule has 1 saturated heterocycles. The highest BCUT2D eigenvalue weighted by Crippen LogP contribution is 2.41. The molecule has 3 rings (SSSR count). The largest absolute Gasteiger partial charge is 0.380 e. The van der Waals surface area contributed by atoms with Crippen LogP contribution in [-0.2, 0) is 10.3 Å². The molecular weight excluding hydrogens is 310 g/mol. The van der Waals surface area contributed by atoms with Gasteiger partial charge in [0.15, 0.2) is 0 Å². The third kappa shape index (κ3) is 4.12. The predicted molar refractivity (Wildman–Crippen MR) is 102 cm³/mol. The summed E-state index contributed by atoms with van der Waals surface area (Å²) in [6, 6.07) is 20.3. The van der Waals surface area contributed by atoms with Crippen molar-refractivity contribution >= 4 is 0 Å². The first-order valence-electron chi connectivity index (χ1n) is 9.38. The lowest BCUT2D eigenvalue weighted by Crippen LogP contribution is -2.45. The highest BCUT2D eigenvalue weighted by molar-refractivity contribution is 5.37. The summed E-state index contributed by atoms with van der Waals surface area (Å²) in [7, 11) is 0. The van der Waals surface area contributed by atoms with E-state index in [2.05, 4.69) is 29.2 Å². The van der Waals surface area contributed by atoms with Crippen LogP contribution in [0.4, 0.5) is 0 Å². The summed E-state index contributed by atoms with van der Waals surface area (Å²) < 4.78 is 5.48. The number of nitrogens with zero attached hydrogens (tertiary/aromatic N) is 1. The smallest absolute Gasteiger partial charge is 0.117 e. The van der Waals surface area contributed by atoms with Crippen molar-refractivity contribution in [3.63, 3.8) is 0 Å². The maximum atomic E-state index is 11.8. The first-order valence-corrected chi connectivity index (χ1v) is 9.38. The fourth-order valence-electron chi connectivity index (χ4n) is 3.93. The maximum Gasteiger partial charge on any atom is 0.117 e. The van der Waals surface area contributed by atoms with E-state index in [1.165, 1.54) is 0 Å². The molecule has 1 heterocycles. The molecule has 0 saturated carbocycles. The Morgan fingerprint density at radius 3 is 1.96 bits per heavy atom. The van der Waals surface area contributed by atoms with Gasteiger partial charge in [-0.2, -0.15) is 0 Å². The summed E-state index contributed by atoms with van der Waals surface area (Å²) in [6.07, 6.45) is 1.98. The fourth-order valence-corrected chi connectivity index (χ4v) is 3.93. The van der Waals surface area contributed by atoms with Gasteiger partial charge in [-0.25, -0.2) is 0 Å². The molecule has 1 N–H and O–H groups in total. The van der Waals surface area contributed by atoms with Crippen molar-refractivity contribution in [2.45, 2.75) is 25.4 Å². The number of aliphatic hydroxyl groups is 1. The topological polar surface area (TPSA) is 32.7 Å². The molecule has 3 heteroatoms. The Morgan fingerprint density at radius 2 is 1.48 bits per heavy atom. The third-order valence-corrected chi connectivity index (χ3v) is 5.36. The zero-order chi connectivity index (χ0) is 17.5. The number of rotatable bonds is 7. The molecular formula is C22H29NO2. The van der Waals surface area contributed by atoms with Gasteiger partial charge < -0.3 is 14.7 Å². The molecule has 0 spiro atoms. The summed E-state index contributed by atoms with van der Waals surface area (Å²) in [5, 5.41) is 11.8. The molecule has 0 atom stereocenters. The first-order chi connectivity index (χ1) is 12.2. The molecule has 3 nitrogen and oxygen atoms in total. The number of piperidine rings is 1. The summed E-state index contributed by atoms with van der Waals surface area (Å²) >= 11 is 0. The number of hydrogen-bond acceptors (Lipinski definition) is 3. The normalized spacial score (nSPS) is 16.9. The standard InChI is InChI=1S/C22H29NO2/c1-2-25-18-17-23-15-13-21(14-16-23)22(24,19-9-5-3-6-10-19)20-11-7-4-8-12-20/h3-12,21,24H,2,13-18H2,1H3. The van der Waals surface area contributed by atoms with Gasteiger partial charge in [-0.15, -0.1) is 0 Å². The van der Waals surface area contributed by atoms with Gasteiger partial charge in [0.1, 0.15) is 5.60 Å². The number of benzene rings is 2. The minimum Gasteiger partial charge on any atom is -0.380 e. The van der Waals surface area contributed by atoms with Gasteiger partial charge in [-0.1, -0.05) is 60.7 Å². The highest BCUT2D eigenvalue weighted by Gasteiger charge is 2.41. The lowest BCUT2D eigenvalue weighted by molar-refractivity contribution is -0.0174. The van der Waals surface area contributed by atoms with E-state index in [0.29, 0.717) is 0 Å². The van der Waals surface area contributed by atoms with E-state index < -0.39 is 5.60 Å². The summed E-state index contributed by atoms with van der Waals surface area (Å²) in [5.74, 6) is 0.223. The lowest BCUT2D eigenvalue weighted by Gasteiger charge is -2.42. The van der Waals surface area contributed by atoms with Crippen molar-refractivity contribution in [1.82, 2.24) is 4.90 Å². The van der Waals surface area contributed by atoms with Gasteiger partial charge >= 0.3 is 0 Å². The third-order valence-electron chi connectivity index (χ3n) is 5.36. The van der Waals surface area contributed by atoms with Crippen LogP contribution in [0.25, 0.3) is 0 Å². The fraction of sp³-hybridized carbons (Fsp3) is 0.455. The van der Waals surface area contributed by atoms with Crippen molar-refractivity contribution < 1.29 is 9.84 Å². The molecule has 0 bridgehead atoms. The van der Waals surface area contributed by atoms with E-state index in [0.717, 1.165) is 56.8 Å². The average Bonchev–Trinajstić information content (AvgIpc) is 2.69. The Balaban J connectivity index is 1.78. The molecule has 2 aromatic carbocycles. The van der Waals surface area contributed by atoms with Crippen LogP contribution >= 0.6 is 0 Å². The monoisotopic (exact) mass is 339 g/mol. The first kappa shape index (κ1) is 18.1. The molecule has 0 aliphatic carbocycles. The molecule has 0 radical (unpaired) electrons. The summed E-state index contributed by atoms with van der Waals surface area (Å²) in [6.45, 7) is 6.61. The van der Waals surface area contributed by atoms with Gasteiger partial charge in [-0.05, 0) is 49.9 Å². The van der Waals surface area contributed by atoms with Gasteiger partial charge in [-0.3, -0.25) is 0 Å². The van der Waals surface area contributed by atoms with E-state index in [4.69, 9.17) is 4.74 Å². The molecule has 25 heavy (non-hydrogen) atoms. The van der Waals surface area contributed by atoms with Crippen LogP contribution in [0.3, 0.4) is 0 Å². The van der Waals surface area contributed by atoms with Crippen LogP contribution in [0.2, 0.25) is 0 Å². The maximum absolute atomic E-state index is 11.8. The summed E-state index contributed by atoms with van der Waals surface area (Å²) in [5.41, 5.74) is 1.07. The Bertz CT molecular complexity index is 581. The molecule has 0 unspecified atom stereocenters. The Labute approximate surface area is 151 Å². The highest BCUT2D eigenvalue weighted by atomic mass is 16.5. The second kappa shape index (κ2) is 8.61. The van der Waals surface area contributed by atoms with Crippen molar-refractivity contribution in [1.29, 1.82) is 0 Å². The van der Waals surface area contributed by atoms with E-state index in [1.54, 1.807) is 0 Å². The van der Waals surface area contributed by atoms with Gasteiger partial charge in [0, 0.05) is 13.2 Å². The lowest BCUT2D eigenvalue weighted by atomic mass is 9.72. The second-order valence-corrected chi connectivity index (χ2v) is 6.81. The van der Waals surface area contributed by atoms with Crippen LogP contribution in [-0.4, -0.2) is 42.9 Å². The molecule has 0 aromatic heterocycles. The van der Waals surface area contributed by atoms with Crippen LogP contribution in [0.5, 0.6) is 0 Å². The number of hydrogen-bond donors (Lipinski definition) is 1. The zero-order valence-corrected chi connectivity index (χ0v) is 15.1. The van der Waals surface area contributed by atoms with Crippen LogP contribution < -0.4 is 0 Å². The van der Waals surface area contributed by atoms with E-state index in [9.17, 15) is 5.11 Å². The zero-order valence-electron chi connectivity index (χ0n) is 15.1. The number of ether oxygens (including phenoxy) is 1. The number of likely N-dealkylation sites (tertiary alicyclic amines) is 1. The van der Waals surface area contributed by atoms with Gasteiger partial charge in [0.25, 0.3) is 0 Å². The van der Waals surface area contributed by atoms with E-state index in [1.807, 2.05) is 43.3 Å². The van der Waals surface area contributed by atoms with Crippen LogP contribution in [0.1, 0.15) is 30.9 Å². The minimum absolute atomic E-state index is 0.223.